The predicted octanol–water partition coefficient (Wildman–Crippen LogP) is 5.06. The number of ether oxygens (including phenoxy) is 2. The minimum atomic E-state index is -4.17. The Kier molecular flexibility index (Phi) is 7.00. The fourth-order valence-electron chi connectivity index (χ4n) is 3.11. The van der Waals surface area contributed by atoms with E-state index >= 15 is 0 Å². The molecule has 0 radical (unpaired) electrons. The lowest BCUT2D eigenvalue weighted by molar-refractivity contribution is -0.138. The van der Waals surface area contributed by atoms with Crippen LogP contribution in [0.3, 0.4) is 0 Å². The summed E-state index contributed by atoms with van der Waals surface area (Å²) in [4.78, 5) is 22.5. The van der Waals surface area contributed by atoms with Crippen molar-refractivity contribution in [1.29, 1.82) is 0 Å². The Labute approximate surface area is 211 Å². The third kappa shape index (κ3) is 5.19. The maximum Gasteiger partial charge on any atom is 0.429 e. The van der Waals surface area contributed by atoms with Crippen molar-refractivity contribution in [3.05, 3.63) is 46.2 Å². The van der Waals surface area contributed by atoms with E-state index in [9.17, 15) is 18.0 Å². The molecule has 6 rings (SSSR count). The molecule has 4 aromatic heterocycles. The molecule has 0 N–H and O–H groups in total. The second kappa shape index (κ2) is 9.17. The fraction of sp³-hybridized carbons (Fsp3) is 0.348. The van der Waals surface area contributed by atoms with E-state index in [2.05, 4.69) is 32.4 Å². The zero-order chi connectivity index (χ0) is 25.5. The number of sulfonamides is 1. The molecule has 182 valence electrons. The van der Waals surface area contributed by atoms with Crippen LogP contribution in [0.2, 0.25) is 0 Å². The van der Waals surface area contributed by atoms with Gasteiger partial charge in [-0.15, -0.1) is 0 Å². The van der Waals surface area contributed by atoms with Gasteiger partial charge in [0.25, 0.3) is 16.5 Å². The first-order valence-corrected chi connectivity index (χ1v) is 12.9. The highest BCUT2D eigenvalue weighted by atomic mass is 127. The number of hydrogen-bond acceptors (Lipinski definition) is 7. The third-order valence-corrected chi connectivity index (χ3v) is 6.88. The molecule has 0 saturated carbocycles. The molecule has 4 heterocycles. The lowest BCUT2D eigenvalue weighted by Gasteiger charge is -2.28. The number of anilines is 1. The summed E-state index contributed by atoms with van der Waals surface area (Å²) >= 11 is 2.09. The molecule has 34 heavy (non-hydrogen) atoms. The Bertz CT molecular complexity index is 1390. The Morgan fingerprint density at radius 1 is 1.03 bits per heavy atom. The standard InChI is InChI=1S/C18H16IN3O4S.C5H10O2/c1-18(2,3)26-17(23)22(27(24,25)11-7-5-4-6-8-11)13-10-9-12-14-15(13)21(12)20-16(14)19;1-5(2,3)7-4-6/h4-10H,1-3H3;4H,1-3H3. The monoisotopic (exact) mass is 599 g/mol. The van der Waals surface area contributed by atoms with Crippen LogP contribution in [0.5, 0.6) is 0 Å². The summed E-state index contributed by atoms with van der Waals surface area (Å²) < 4.78 is 39.7. The fourth-order valence-corrected chi connectivity index (χ4v) is 5.21. The number of hydrogen-bond donors (Lipinski definition) is 0. The molecule has 4 bridgehead atoms. The Morgan fingerprint density at radius 2 is 1.65 bits per heavy atom. The topological polar surface area (TPSA) is 107 Å². The molecule has 2 aromatic carbocycles. The highest BCUT2D eigenvalue weighted by Gasteiger charge is 2.38. The second-order valence-electron chi connectivity index (χ2n) is 9.42. The average molecular weight is 599 g/mol. The molecule has 9 nitrogen and oxygen atoms in total. The van der Waals surface area contributed by atoms with Crippen LogP contribution < -0.4 is 4.31 Å². The summed E-state index contributed by atoms with van der Waals surface area (Å²) in [5, 5.41) is 5.20. The summed E-state index contributed by atoms with van der Waals surface area (Å²) in [5.74, 6) is 0. The molecule has 11 heteroatoms. The number of carbonyl (C=O) groups excluding carboxylic acids is 2. The van der Waals surface area contributed by atoms with Crippen LogP contribution >= 0.6 is 22.6 Å². The maximum absolute atomic E-state index is 13.3. The molecule has 0 fully saturated rings. The van der Waals surface area contributed by atoms with Crippen LogP contribution in [0.4, 0.5) is 10.5 Å². The van der Waals surface area contributed by atoms with Gasteiger partial charge in [0.1, 0.15) is 20.4 Å². The lowest BCUT2D eigenvalue weighted by Crippen LogP contribution is -2.41. The summed E-state index contributed by atoms with van der Waals surface area (Å²) in [5.41, 5.74) is 0.566. The Balaban J connectivity index is 0.000000406. The van der Waals surface area contributed by atoms with E-state index in [4.69, 9.17) is 4.74 Å². The van der Waals surface area contributed by atoms with Crippen molar-refractivity contribution in [2.24, 2.45) is 0 Å². The number of halogens is 1. The molecule has 0 atom stereocenters. The van der Waals surface area contributed by atoms with Crippen molar-refractivity contribution in [2.75, 3.05) is 4.31 Å². The van der Waals surface area contributed by atoms with E-state index in [1.807, 2.05) is 20.8 Å². The highest BCUT2D eigenvalue weighted by molar-refractivity contribution is 14.1. The van der Waals surface area contributed by atoms with Crippen LogP contribution in [0.25, 0.3) is 16.4 Å². The first-order chi connectivity index (χ1) is 15.7. The van der Waals surface area contributed by atoms with E-state index in [1.54, 1.807) is 55.6 Å². The second-order valence-corrected chi connectivity index (χ2v) is 12.2. The third-order valence-electron chi connectivity index (χ3n) is 4.43. The quantitative estimate of drug-likeness (QED) is 0.239. The van der Waals surface area contributed by atoms with Crippen LogP contribution in [0.1, 0.15) is 41.5 Å². The van der Waals surface area contributed by atoms with E-state index in [0.717, 1.165) is 18.9 Å². The molecular weight excluding hydrogens is 573 g/mol. The molecule has 0 aliphatic heterocycles. The first-order valence-electron chi connectivity index (χ1n) is 10.3. The lowest BCUT2D eigenvalue weighted by atomic mass is 10.1. The van der Waals surface area contributed by atoms with Gasteiger partial charge < -0.3 is 9.47 Å². The van der Waals surface area contributed by atoms with Crippen molar-refractivity contribution in [2.45, 2.75) is 57.6 Å². The number of amides is 1. The van der Waals surface area contributed by atoms with Crippen LogP contribution in [0, 0.1) is 3.70 Å². The molecule has 0 saturated heterocycles. The maximum atomic E-state index is 13.3. The smallest absolute Gasteiger partial charge is 0.429 e. The number of aromatic nitrogens is 2. The zero-order valence-corrected chi connectivity index (χ0v) is 22.7. The normalized spacial score (nSPS) is 12.4. The van der Waals surface area contributed by atoms with E-state index < -0.39 is 21.7 Å². The van der Waals surface area contributed by atoms with Gasteiger partial charge in [-0.1, -0.05) is 18.2 Å². The van der Waals surface area contributed by atoms with Crippen molar-refractivity contribution in [1.82, 2.24) is 9.61 Å². The zero-order valence-electron chi connectivity index (χ0n) is 19.7. The highest BCUT2D eigenvalue weighted by Crippen LogP contribution is 2.41. The van der Waals surface area contributed by atoms with E-state index in [-0.39, 0.29) is 16.2 Å². The number of pyridine rings is 1. The largest absolute Gasteiger partial charge is 0.462 e. The van der Waals surface area contributed by atoms with Crippen LogP contribution in [-0.2, 0) is 24.3 Å². The number of carbonyl (C=O) groups is 2. The van der Waals surface area contributed by atoms with Crippen molar-refractivity contribution in [3.63, 3.8) is 0 Å². The van der Waals surface area contributed by atoms with Gasteiger partial charge in [0.05, 0.1) is 21.5 Å². The van der Waals surface area contributed by atoms with Crippen molar-refractivity contribution in [3.8, 4) is 0 Å². The van der Waals surface area contributed by atoms with Gasteiger partial charge in [0.2, 0.25) is 0 Å². The van der Waals surface area contributed by atoms with Crippen LogP contribution in [-0.4, -0.2) is 41.8 Å². The van der Waals surface area contributed by atoms with Gasteiger partial charge in [-0.25, -0.2) is 17.7 Å². The average Bonchev–Trinajstić information content (AvgIpc) is 3.22. The first kappa shape index (κ1) is 25.9. The summed E-state index contributed by atoms with van der Waals surface area (Å²) in [7, 11) is -4.17. The SMILES string of the molecule is CC(C)(C)OC(=O)N(c1ccc2c3c(I)nn2c13)S(=O)(=O)c1ccccc1.CC(C)(C)OC=O. The van der Waals surface area contributed by atoms with Crippen molar-refractivity contribution < 1.29 is 27.5 Å². The summed E-state index contributed by atoms with van der Waals surface area (Å²) in [6.45, 7) is 11.0. The minimum Gasteiger partial charge on any atom is -0.462 e. The molecular formula is C23H26IN3O6S. The summed E-state index contributed by atoms with van der Waals surface area (Å²) in [6.07, 6.45) is -0.954. The van der Waals surface area contributed by atoms with E-state index in [0.29, 0.717) is 12.0 Å². The predicted molar refractivity (Wildman–Crippen MR) is 137 cm³/mol. The van der Waals surface area contributed by atoms with Gasteiger partial charge in [-0.05, 0) is 88.4 Å². The van der Waals surface area contributed by atoms with Gasteiger partial charge >= 0.3 is 6.09 Å². The molecule has 0 aliphatic rings. The molecule has 0 spiro atoms. The molecule has 6 aromatic rings. The minimum absolute atomic E-state index is 0.00872. The van der Waals surface area contributed by atoms with Crippen LogP contribution in [0.15, 0.2) is 47.4 Å². The Hall–Kier alpha value is -2.67. The Morgan fingerprint density at radius 3 is 2.09 bits per heavy atom. The number of nitrogens with zero attached hydrogens (tertiary/aromatic N) is 3. The number of rotatable bonds is 4. The van der Waals surface area contributed by atoms with Gasteiger partial charge in [0.15, 0.2) is 0 Å². The molecule has 1 amide bonds. The van der Waals surface area contributed by atoms with Gasteiger partial charge in [0, 0.05) is 0 Å². The number of benzene rings is 2. The van der Waals surface area contributed by atoms with E-state index in [1.165, 1.54) is 12.1 Å². The molecule has 0 unspecified atom stereocenters. The number of fused-ring (bicyclic) bond motifs is 3. The van der Waals surface area contributed by atoms with Crippen molar-refractivity contribution >= 4 is 67.3 Å². The molecule has 0 aliphatic carbocycles. The summed E-state index contributed by atoms with van der Waals surface area (Å²) in [6, 6.07) is 11.2. The van der Waals surface area contributed by atoms with Gasteiger partial charge in [-0.3, -0.25) is 4.79 Å². The van der Waals surface area contributed by atoms with Gasteiger partial charge in [-0.2, -0.15) is 9.40 Å².